The van der Waals surface area contributed by atoms with E-state index in [4.69, 9.17) is 4.98 Å². The number of fused-ring (bicyclic) bond motifs is 1. The van der Waals surface area contributed by atoms with Gasteiger partial charge in [0, 0.05) is 37.7 Å². The third-order valence-corrected chi connectivity index (χ3v) is 6.17. The van der Waals surface area contributed by atoms with Crippen molar-refractivity contribution in [2.45, 2.75) is 76.8 Å². The first-order chi connectivity index (χ1) is 12.3. The van der Waals surface area contributed by atoms with Crippen LogP contribution in [0.3, 0.4) is 0 Å². The minimum Gasteiger partial charge on any atom is -0.338 e. The van der Waals surface area contributed by atoms with Crippen molar-refractivity contribution in [1.29, 1.82) is 0 Å². The third kappa shape index (κ3) is 4.02. The van der Waals surface area contributed by atoms with Crippen LogP contribution in [-0.2, 0) is 17.8 Å². The van der Waals surface area contributed by atoms with Gasteiger partial charge in [0.05, 0.1) is 11.7 Å². The lowest BCUT2D eigenvalue weighted by atomic mass is 10.00. The second-order valence-corrected chi connectivity index (χ2v) is 7.96. The molecular weight excluding hydrogens is 312 g/mol. The van der Waals surface area contributed by atoms with Gasteiger partial charge in [-0.25, -0.2) is 9.97 Å². The summed E-state index contributed by atoms with van der Waals surface area (Å²) in [6.45, 7) is 2.57. The van der Waals surface area contributed by atoms with Crippen molar-refractivity contribution < 1.29 is 4.79 Å². The van der Waals surface area contributed by atoms with E-state index in [1.807, 2.05) is 11.1 Å². The summed E-state index contributed by atoms with van der Waals surface area (Å²) in [5.41, 5.74) is 2.29. The average molecular weight is 342 g/mol. The van der Waals surface area contributed by atoms with Crippen molar-refractivity contribution in [1.82, 2.24) is 20.2 Å². The minimum atomic E-state index is 0.310. The molecule has 0 spiro atoms. The Morgan fingerprint density at radius 2 is 2.04 bits per heavy atom. The zero-order valence-corrected chi connectivity index (χ0v) is 15.2. The Morgan fingerprint density at radius 3 is 2.84 bits per heavy atom. The molecule has 0 bridgehead atoms. The Hall–Kier alpha value is -1.49. The van der Waals surface area contributed by atoms with E-state index in [-0.39, 0.29) is 0 Å². The maximum absolute atomic E-state index is 12.6. The van der Waals surface area contributed by atoms with Crippen LogP contribution in [-0.4, -0.2) is 33.9 Å². The molecule has 1 aromatic rings. The molecule has 5 heteroatoms. The monoisotopic (exact) mass is 342 g/mol. The Kier molecular flexibility index (Phi) is 5.30. The molecule has 1 atom stereocenters. The van der Waals surface area contributed by atoms with Crippen molar-refractivity contribution >= 4 is 5.91 Å². The number of aromatic nitrogens is 2. The van der Waals surface area contributed by atoms with Gasteiger partial charge in [-0.3, -0.25) is 4.79 Å². The van der Waals surface area contributed by atoms with E-state index >= 15 is 0 Å². The molecule has 25 heavy (non-hydrogen) atoms. The standard InChI is InChI=1S/C20H30N4O/c25-19(9-8-15-5-1-2-6-15)24-12-10-17-16(14-24)13-22-20(23-17)18-7-3-4-11-21-18/h13,15,18,21H,1-12,14H2/t18-/m0/s1. The van der Waals surface area contributed by atoms with Crippen LogP contribution in [0.5, 0.6) is 0 Å². The van der Waals surface area contributed by atoms with E-state index in [2.05, 4.69) is 10.3 Å². The van der Waals surface area contributed by atoms with E-state index in [9.17, 15) is 4.79 Å². The van der Waals surface area contributed by atoms with E-state index in [0.29, 0.717) is 24.9 Å². The molecule has 1 amide bonds. The summed E-state index contributed by atoms with van der Waals surface area (Å²) in [5.74, 6) is 2.05. The van der Waals surface area contributed by atoms with Crippen molar-refractivity contribution in [2.75, 3.05) is 13.1 Å². The van der Waals surface area contributed by atoms with E-state index in [1.54, 1.807) is 0 Å². The topological polar surface area (TPSA) is 58.1 Å². The highest BCUT2D eigenvalue weighted by atomic mass is 16.2. The maximum Gasteiger partial charge on any atom is 0.222 e. The predicted octanol–water partition coefficient (Wildman–Crippen LogP) is 3.15. The fourth-order valence-electron chi connectivity index (χ4n) is 4.57. The molecule has 1 aromatic heterocycles. The van der Waals surface area contributed by atoms with Gasteiger partial charge in [0.15, 0.2) is 0 Å². The number of hydrogen-bond acceptors (Lipinski definition) is 4. The molecule has 0 radical (unpaired) electrons. The second kappa shape index (κ2) is 7.81. The molecule has 1 saturated heterocycles. The van der Waals surface area contributed by atoms with Crippen molar-refractivity contribution in [3.8, 4) is 0 Å². The SMILES string of the molecule is O=C(CCC1CCCC1)N1CCc2nc([C@@H]3CCCCN3)ncc2C1. The molecule has 1 N–H and O–H groups in total. The number of amides is 1. The van der Waals surface area contributed by atoms with Gasteiger partial charge in [0.1, 0.15) is 5.82 Å². The minimum absolute atomic E-state index is 0.310. The van der Waals surface area contributed by atoms with E-state index in [1.165, 1.54) is 38.5 Å². The van der Waals surface area contributed by atoms with Crippen LogP contribution in [0.2, 0.25) is 0 Å². The van der Waals surface area contributed by atoms with Crippen LogP contribution in [0.25, 0.3) is 0 Å². The normalized spacial score (nSPS) is 24.3. The van der Waals surface area contributed by atoms with E-state index in [0.717, 1.165) is 55.4 Å². The zero-order chi connectivity index (χ0) is 17.1. The molecule has 0 aromatic carbocycles. The van der Waals surface area contributed by atoms with Gasteiger partial charge in [0.2, 0.25) is 5.91 Å². The number of carbonyl (C=O) groups is 1. The summed E-state index contributed by atoms with van der Waals surface area (Å²) in [6, 6.07) is 0.310. The Labute approximate surface area is 150 Å². The summed E-state index contributed by atoms with van der Waals surface area (Å²) >= 11 is 0. The lowest BCUT2D eigenvalue weighted by Crippen LogP contribution is -2.37. The molecule has 136 valence electrons. The Bertz CT molecular complexity index is 606. The molecule has 2 fully saturated rings. The fourth-order valence-corrected chi connectivity index (χ4v) is 4.57. The zero-order valence-electron chi connectivity index (χ0n) is 15.2. The van der Waals surface area contributed by atoms with Gasteiger partial charge in [0.25, 0.3) is 0 Å². The average Bonchev–Trinajstić information content (AvgIpc) is 3.19. The Balaban J connectivity index is 1.35. The molecule has 1 aliphatic carbocycles. The molecule has 2 aliphatic heterocycles. The first-order valence-corrected chi connectivity index (χ1v) is 10.2. The number of piperidine rings is 1. The first kappa shape index (κ1) is 17.0. The van der Waals surface area contributed by atoms with Crippen molar-refractivity contribution in [2.24, 2.45) is 5.92 Å². The summed E-state index contributed by atoms with van der Waals surface area (Å²) in [4.78, 5) is 24.0. The number of carbonyl (C=O) groups excluding carboxylic acids is 1. The third-order valence-electron chi connectivity index (χ3n) is 6.17. The summed E-state index contributed by atoms with van der Waals surface area (Å²) in [5, 5.41) is 3.52. The molecule has 4 rings (SSSR count). The van der Waals surface area contributed by atoms with Crippen LogP contribution in [0, 0.1) is 5.92 Å². The number of hydrogen-bond donors (Lipinski definition) is 1. The number of rotatable bonds is 4. The van der Waals surface area contributed by atoms with Crippen LogP contribution < -0.4 is 5.32 Å². The fraction of sp³-hybridized carbons (Fsp3) is 0.750. The van der Waals surface area contributed by atoms with Gasteiger partial charge in [-0.1, -0.05) is 32.1 Å². The Morgan fingerprint density at radius 1 is 1.20 bits per heavy atom. The smallest absolute Gasteiger partial charge is 0.222 e. The largest absolute Gasteiger partial charge is 0.338 e. The van der Waals surface area contributed by atoms with Crippen molar-refractivity contribution in [3.63, 3.8) is 0 Å². The molecule has 1 saturated carbocycles. The molecule has 3 aliphatic rings. The quantitative estimate of drug-likeness (QED) is 0.913. The molecule has 5 nitrogen and oxygen atoms in total. The van der Waals surface area contributed by atoms with Gasteiger partial charge >= 0.3 is 0 Å². The highest BCUT2D eigenvalue weighted by Gasteiger charge is 2.25. The maximum atomic E-state index is 12.6. The highest BCUT2D eigenvalue weighted by Crippen LogP contribution is 2.29. The van der Waals surface area contributed by atoms with Gasteiger partial charge in [-0.05, 0) is 31.7 Å². The molecular formula is C20H30N4O. The summed E-state index contributed by atoms with van der Waals surface area (Å²) < 4.78 is 0. The van der Waals surface area contributed by atoms with Gasteiger partial charge < -0.3 is 10.2 Å². The van der Waals surface area contributed by atoms with E-state index < -0.39 is 0 Å². The van der Waals surface area contributed by atoms with Crippen LogP contribution in [0.1, 0.15) is 80.9 Å². The lowest BCUT2D eigenvalue weighted by Gasteiger charge is -2.29. The molecule has 3 heterocycles. The van der Waals surface area contributed by atoms with Gasteiger partial charge in [-0.15, -0.1) is 0 Å². The molecule has 0 unspecified atom stereocenters. The number of nitrogens with one attached hydrogen (secondary N) is 1. The number of nitrogens with zero attached hydrogens (tertiary/aromatic N) is 3. The lowest BCUT2D eigenvalue weighted by molar-refractivity contribution is -0.132. The van der Waals surface area contributed by atoms with Crippen LogP contribution in [0.15, 0.2) is 6.20 Å². The highest BCUT2D eigenvalue weighted by molar-refractivity contribution is 5.76. The summed E-state index contributed by atoms with van der Waals surface area (Å²) in [7, 11) is 0. The predicted molar refractivity (Wildman–Crippen MR) is 96.9 cm³/mol. The van der Waals surface area contributed by atoms with Crippen LogP contribution >= 0.6 is 0 Å². The first-order valence-electron chi connectivity index (χ1n) is 10.2. The van der Waals surface area contributed by atoms with Crippen molar-refractivity contribution in [3.05, 3.63) is 23.3 Å². The van der Waals surface area contributed by atoms with Gasteiger partial charge in [-0.2, -0.15) is 0 Å². The van der Waals surface area contributed by atoms with Crippen LogP contribution in [0.4, 0.5) is 0 Å². The summed E-state index contributed by atoms with van der Waals surface area (Å²) in [6.07, 6.45) is 13.6. The second-order valence-electron chi connectivity index (χ2n) is 7.96.